The van der Waals surface area contributed by atoms with Gasteiger partial charge in [0.05, 0.1) is 26.7 Å². The van der Waals surface area contributed by atoms with Gasteiger partial charge in [-0.05, 0) is 81.0 Å². The number of aromatic nitrogens is 2. The van der Waals surface area contributed by atoms with Crippen molar-refractivity contribution in [1.29, 1.82) is 0 Å². The standard InChI is InChI=1S/C37H36N4O4S/c1-25(42)37(26-10-4-2-5-11-26)16-20-41(21-17-37)36(44)32-23-29(35(43)40-18-8-3-9-19-40)28-22-27(14-15-30(28)38-32)45-24-34-39-31-12-6-7-13-33(31)46-34/h2,4-7,10-15,22-23H,3,8-9,16-21,24H2,1H3. The summed E-state index contributed by atoms with van der Waals surface area (Å²) in [5.41, 5.74) is 2.60. The van der Waals surface area contributed by atoms with E-state index in [2.05, 4.69) is 4.98 Å². The molecule has 7 rings (SSSR count). The van der Waals surface area contributed by atoms with Crippen LogP contribution in [0.15, 0.2) is 78.9 Å². The molecule has 9 heteroatoms. The van der Waals surface area contributed by atoms with Crippen LogP contribution >= 0.6 is 11.3 Å². The molecule has 8 nitrogen and oxygen atoms in total. The molecule has 4 heterocycles. The molecule has 0 bridgehead atoms. The van der Waals surface area contributed by atoms with Crippen LogP contribution in [0.2, 0.25) is 0 Å². The molecule has 0 unspecified atom stereocenters. The van der Waals surface area contributed by atoms with E-state index >= 15 is 0 Å². The molecule has 46 heavy (non-hydrogen) atoms. The van der Waals surface area contributed by atoms with E-state index in [0.717, 1.165) is 40.1 Å². The van der Waals surface area contributed by atoms with Crippen molar-refractivity contribution in [2.45, 2.75) is 51.0 Å². The van der Waals surface area contributed by atoms with E-state index in [0.29, 0.717) is 67.8 Å². The van der Waals surface area contributed by atoms with Gasteiger partial charge in [0.15, 0.2) is 0 Å². The molecular weight excluding hydrogens is 596 g/mol. The quantitative estimate of drug-likeness (QED) is 0.196. The largest absolute Gasteiger partial charge is 0.486 e. The first kappa shape index (κ1) is 30.0. The normalized spacial score (nSPS) is 16.5. The Bertz CT molecular complexity index is 1890. The zero-order chi connectivity index (χ0) is 31.7. The van der Waals surface area contributed by atoms with Gasteiger partial charge in [-0.15, -0.1) is 11.3 Å². The van der Waals surface area contributed by atoms with Gasteiger partial charge in [0.2, 0.25) is 0 Å². The monoisotopic (exact) mass is 632 g/mol. The minimum Gasteiger partial charge on any atom is -0.486 e. The summed E-state index contributed by atoms with van der Waals surface area (Å²) < 4.78 is 7.26. The number of carbonyl (C=O) groups is 3. The Morgan fingerprint density at radius 1 is 0.783 bits per heavy atom. The van der Waals surface area contributed by atoms with Gasteiger partial charge < -0.3 is 14.5 Å². The smallest absolute Gasteiger partial charge is 0.272 e. The lowest BCUT2D eigenvalue weighted by Gasteiger charge is -2.40. The van der Waals surface area contributed by atoms with Gasteiger partial charge in [0.1, 0.15) is 28.8 Å². The second-order valence-corrected chi connectivity index (χ2v) is 13.4. The zero-order valence-electron chi connectivity index (χ0n) is 25.9. The average molecular weight is 633 g/mol. The topological polar surface area (TPSA) is 92.7 Å². The van der Waals surface area contributed by atoms with Crippen molar-refractivity contribution in [3.8, 4) is 5.75 Å². The van der Waals surface area contributed by atoms with Crippen molar-refractivity contribution in [1.82, 2.24) is 19.8 Å². The lowest BCUT2D eigenvalue weighted by molar-refractivity contribution is -0.124. The molecule has 0 saturated carbocycles. The molecule has 2 amide bonds. The number of thiazole rings is 1. The van der Waals surface area contributed by atoms with Crippen molar-refractivity contribution in [2.75, 3.05) is 26.2 Å². The molecule has 2 saturated heterocycles. The molecule has 0 spiro atoms. The first-order valence-electron chi connectivity index (χ1n) is 16.0. The Labute approximate surface area is 272 Å². The molecule has 2 fully saturated rings. The summed E-state index contributed by atoms with van der Waals surface area (Å²) in [4.78, 5) is 53.9. The van der Waals surface area contributed by atoms with Crippen molar-refractivity contribution in [2.24, 2.45) is 0 Å². The minimum absolute atomic E-state index is 0.0946. The van der Waals surface area contributed by atoms with E-state index in [1.165, 1.54) is 0 Å². The summed E-state index contributed by atoms with van der Waals surface area (Å²) in [6, 6.07) is 25.0. The molecule has 2 aliphatic rings. The van der Waals surface area contributed by atoms with Crippen LogP contribution in [0.4, 0.5) is 0 Å². The maximum absolute atomic E-state index is 14.0. The van der Waals surface area contributed by atoms with Crippen molar-refractivity contribution in [3.63, 3.8) is 0 Å². The molecule has 234 valence electrons. The molecule has 5 aromatic rings. The number of hydrogen-bond donors (Lipinski definition) is 0. The molecule has 3 aromatic carbocycles. The van der Waals surface area contributed by atoms with Crippen molar-refractivity contribution >= 4 is 50.1 Å². The highest BCUT2D eigenvalue weighted by Crippen LogP contribution is 2.37. The third-order valence-electron chi connectivity index (χ3n) is 9.48. The van der Waals surface area contributed by atoms with Gasteiger partial charge in [-0.2, -0.15) is 0 Å². The number of likely N-dealkylation sites (tertiary alicyclic amines) is 2. The summed E-state index contributed by atoms with van der Waals surface area (Å²) in [7, 11) is 0. The number of pyridine rings is 1. The maximum Gasteiger partial charge on any atom is 0.272 e. The Kier molecular flexibility index (Phi) is 8.25. The Hall–Kier alpha value is -4.63. The molecule has 0 radical (unpaired) electrons. The van der Waals surface area contributed by atoms with Crippen LogP contribution in [-0.4, -0.2) is 63.5 Å². The number of hydrogen-bond acceptors (Lipinski definition) is 7. The Balaban J connectivity index is 1.17. The predicted octanol–water partition coefficient (Wildman–Crippen LogP) is 6.81. The van der Waals surface area contributed by atoms with Gasteiger partial charge in [0.25, 0.3) is 11.8 Å². The lowest BCUT2D eigenvalue weighted by Crippen LogP contribution is -2.48. The van der Waals surface area contributed by atoms with Gasteiger partial charge in [-0.25, -0.2) is 9.97 Å². The second-order valence-electron chi connectivity index (χ2n) is 12.2. The SMILES string of the molecule is CC(=O)C1(c2ccccc2)CCN(C(=O)c2cc(C(=O)N3CCCCC3)c3cc(OCc4nc5ccccc5s4)ccc3n2)CC1. The molecule has 2 aromatic heterocycles. The van der Waals surface area contributed by atoms with Crippen LogP contribution in [0.25, 0.3) is 21.1 Å². The maximum atomic E-state index is 14.0. The Morgan fingerprint density at radius 2 is 1.50 bits per heavy atom. The van der Waals surface area contributed by atoms with Crippen LogP contribution in [-0.2, 0) is 16.8 Å². The first-order valence-corrected chi connectivity index (χ1v) is 16.8. The number of nitrogens with zero attached hydrogens (tertiary/aromatic N) is 4. The number of rotatable bonds is 7. The van der Waals surface area contributed by atoms with E-state index in [9.17, 15) is 14.4 Å². The third-order valence-corrected chi connectivity index (χ3v) is 10.5. The van der Waals surface area contributed by atoms with Crippen LogP contribution < -0.4 is 4.74 Å². The predicted molar refractivity (Wildman–Crippen MR) is 179 cm³/mol. The van der Waals surface area contributed by atoms with E-state index in [-0.39, 0.29) is 23.3 Å². The summed E-state index contributed by atoms with van der Waals surface area (Å²) in [6.07, 6.45) is 4.11. The number of piperidine rings is 2. The first-order chi connectivity index (χ1) is 22.4. The third kappa shape index (κ3) is 5.75. The fourth-order valence-corrected chi connectivity index (χ4v) is 7.71. The van der Waals surface area contributed by atoms with E-state index in [1.807, 2.05) is 77.7 Å². The highest BCUT2D eigenvalue weighted by molar-refractivity contribution is 7.18. The van der Waals surface area contributed by atoms with Crippen molar-refractivity contribution in [3.05, 3.63) is 101 Å². The van der Waals surface area contributed by atoms with Gasteiger partial charge >= 0.3 is 0 Å². The van der Waals surface area contributed by atoms with Crippen molar-refractivity contribution < 1.29 is 19.1 Å². The van der Waals surface area contributed by atoms with Gasteiger partial charge in [-0.3, -0.25) is 14.4 Å². The minimum atomic E-state index is -0.605. The highest BCUT2D eigenvalue weighted by atomic mass is 32.1. The molecule has 2 aliphatic heterocycles. The molecule has 0 aliphatic carbocycles. The highest BCUT2D eigenvalue weighted by Gasteiger charge is 2.41. The summed E-state index contributed by atoms with van der Waals surface area (Å²) >= 11 is 1.60. The number of Topliss-reactive ketones (excluding diaryl/α,β-unsaturated/α-hetero) is 1. The van der Waals surface area contributed by atoms with E-state index in [4.69, 9.17) is 9.72 Å². The molecular formula is C37H36N4O4S. The number of amides is 2. The zero-order valence-corrected chi connectivity index (χ0v) is 26.7. The fraction of sp³-hybridized carbons (Fsp3) is 0.324. The fourth-order valence-electron chi connectivity index (χ4n) is 6.83. The summed E-state index contributed by atoms with van der Waals surface area (Å²) in [6.45, 7) is 4.20. The number of carbonyl (C=O) groups excluding carboxylic acids is 3. The summed E-state index contributed by atoms with van der Waals surface area (Å²) in [5.74, 6) is 0.404. The van der Waals surface area contributed by atoms with Crippen LogP contribution in [0.5, 0.6) is 5.75 Å². The Morgan fingerprint density at radius 3 is 2.24 bits per heavy atom. The second kappa shape index (κ2) is 12.6. The number of ketones is 1. The molecule has 0 N–H and O–H groups in total. The number of para-hydroxylation sites is 1. The van der Waals surface area contributed by atoms with Crippen LogP contribution in [0, 0.1) is 0 Å². The number of fused-ring (bicyclic) bond motifs is 2. The average Bonchev–Trinajstić information content (AvgIpc) is 3.53. The van der Waals surface area contributed by atoms with Crippen LogP contribution in [0.1, 0.15) is 70.4 Å². The summed E-state index contributed by atoms with van der Waals surface area (Å²) in [5, 5.41) is 1.53. The van der Waals surface area contributed by atoms with Gasteiger partial charge in [-0.1, -0.05) is 42.5 Å². The lowest BCUT2D eigenvalue weighted by atomic mass is 9.70. The van der Waals surface area contributed by atoms with E-state index in [1.54, 1.807) is 29.2 Å². The number of benzene rings is 3. The molecule has 0 atom stereocenters. The van der Waals surface area contributed by atoms with Crippen LogP contribution in [0.3, 0.4) is 0 Å². The van der Waals surface area contributed by atoms with E-state index < -0.39 is 5.41 Å². The van der Waals surface area contributed by atoms with Gasteiger partial charge in [0, 0.05) is 31.6 Å². The number of ether oxygens (including phenoxy) is 1.